The number of H-pyrrole nitrogens is 1. The van der Waals surface area contributed by atoms with E-state index in [1.165, 1.54) is 17.7 Å². The average Bonchev–Trinajstić information content (AvgIpc) is 3.35. The zero-order valence-corrected chi connectivity index (χ0v) is 31.2. The number of hydrogen-bond donors (Lipinski definition) is 1. The van der Waals surface area contributed by atoms with Gasteiger partial charge in [0.1, 0.15) is 11.7 Å². The van der Waals surface area contributed by atoms with Gasteiger partial charge in [0.15, 0.2) is 12.3 Å². The highest BCUT2D eigenvalue weighted by Crippen LogP contribution is 2.44. The molecular weight excluding hydrogens is 641 g/mol. The molecule has 2 heterocycles. The summed E-state index contributed by atoms with van der Waals surface area (Å²) in [7, 11) is -2.92. The number of carbonyl (C=O) groups excluding carboxylic acids is 1. The van der Waals surface area contributed by atoms with Crippen LogP contribution < -0.4 is 21.6 Å². The number of carbonyl (C=O) groups is 1. The highest BCUT2D eigenvalue weighted by Gasteiger charge is 2.59. The second-order valence-corrected chi connectivity index (χ2v) is 18.2. The van der Waals surface area contributed by atoms with Crippen LogP contribution in [0.25, 0.3) is 0 Å². The van der Waals surface area contributed by atoms with Crippen LogP contribution in [-0.2, 0) is 28.2 Å². The molecule has 1 aliphatic rings. The summed E-state index contributed by atoms with van der Waals surface area (Å²) in [5, 5.41) is 2.05. The van der Waals surface area contributed by atoms with Crippen LogP contribution in [0.5, 0.6) is 0 Å². The molecule has 11 heteroatoms. The highest BCUT2D eigenvalue weighted by atomic mass is 28.4. The molecule has 1 aliphatic heterocycles. The molecule has 1 saturated heterocycles. The lowest BCUT2D eigenvalue weighted by Gasteiger charge is -2.44. The second kappa shape index (κ2) is 17.0. The Morgan fingerprint density at radius 1 is 0.939 bits per heavy atom. The minimum absolute atomic E-state index is 0.124. The van der Waals surface area contributed by atoms with Crippen LogP contribution in [0.4, 0.5) is 0 Å². The third-order valence-corrected chi connectivity index (χ3v) is 14.3. The average molecular weight is 695 g/mol. The van der Waals surface area contributed by atoms with Crippen molar-refractivity contribution in [3.63, 3.8) is 0 Å². The lowest BCUT2D eigenvalue weighted by molar-refractivity contribution is -0.160. The van der Waals surface area contributed by atoms with Crippen LogP contribution in [0.3, 0.4) is 0 Å². The van der Waals surface area contributed by atoms with Gasteiger partial charge in [-0.15, -0.1) is 0 Å². The zero-order valence-electron chi connectivity index (χ0n) is 30.2. The van der Waals surface area contributed by atoms with Crippen molar-refractivity contribution in [1.82, 2.24) is 9.55 Å². The fourth-order valence-electron chi connectivity index (χ4n) is 6.75. The Kier molecular flexibility index (Phi) is 13.4. The molecule has 4 atom stereocenters. The van der Waals surface area contributed by atoms with Crippen LogP contribution in [0.2, 0.25) is 5.04 Å². The predicted octanol–water partition coefficient (Wildman–Crippen LogP) is 5.01. The van der Waals surface area contributed by atoms with Crippen molar-refractivity contribution in [3.05, 3.63) is 93.3 Å². The van der Waals surface area contributed by atoms with Gasteiger partial charge >= 0.3 is 11.7 Å². The van der Waals surface area contributed by atoms with Crippen LogP contribution in [0, 0.1) is 6.92 Å². The normalized spacial score (nSPS) is 21.2. The summed E-state index contributed by atoms with van der Waals surface area (Å²) in [5.41, 5.74) is -2.01. The summed E-state index contributed by atoms with van der Waals surface area (Å²) in [6.45, 7) is 15.1. The molecule has 2 aromatic carbocycles. The molecule has 0 saturated carbocycles. The van der Waals surface area contributed by atoms with E-state index in [1.807, 2.05) is 36.4 Å². The van der Waals surface area contributed by atoms with E-state index in [0.717, 1.165) is 36.1 Å². The summed E-state index contributed by atoms with van der Waals surface area (Å²) < 4.78 is 34.3. The van der Waals surface area contributed by atoms with Crippen molar-refractivity contribution in [1.29, 1.82) is 0 Å². The minimum Gasteiger partial charge on any atom is -0.455 e. The monoisotopic (exact) mass is 694 g/mol. The van der Waals surface area contributed by atoms with Gasteiger partial charge in [0.2, 0.25) is 0 Å². The zero-order chi connectivity index (χ0) is 35.7. The van der Waals surface area contributed by atoms with Crippen molar-refractivity contribution < 1.29 is 28.2 Å². The Labute approximate surface area is 291 Å². The molecule has 0 bridgehead atoms. The Morgan fingerprint density at radius 3 is 2.08 bits per heavy atom. The first-order chi connectivity index (χ1) is 23.4. The summed E-state index contributed by atoms with van der Waals surface area (Å²) in [4.78, 5) is 40.6. The SMILES string of the molecule is CCCCOC[C@@]1(CCO[Si](c2ccccc2)(c2ccccc2)C(C)(C)C)O[C@@H](n2cc(C)c(=O)[nH]c2=O)[C@@H](OC(C)=O)C1OCCCC. The first-order valence-corrected chi connectivity index (χ1v) is 19.4. The number of esters is 1. The molecule has 1 fully saturated rings. The highest BCUT2D eigenvalue weighted by molar-refractivity contribution is 6.99. The van der Waals surface area contributed by atoms with Crippen LogP contribution >= 0.6 is 0 Å². The van der Waals surface area contributed by atoms with E-state index in [-0.39, 0.29) is 18.3 Å². The van der Waals surface area contributed by atoms with Crippen molar-refractivity contribution in [3.8, 4) is 0 Å². The number of aromatic amines is 1. The van der Waals surface area contributed by atoms with Crippen molar-refractivity contribution >= 4 is 24.7 Å². The maximum atomic E-state index is 13.3. The van der Waals surface area contributed by atoms with Crippen molar-refractivity contribution in [2.24, 2.45) is 0 Å². The Bertz CT molecular complexity index is 1560. The number of unbranched alkanes of at least 4 members (excludes halogenated alkanes) is 2. The van der Waals surface area contributed by atoms with Gasteiger partial charge in [-0.2, -0.15) is 0 Å². The molecule has 1 N–H and O–H groups in total. The molecule has 0 aliphatic carbocycles. The summed E-state index contributed by atoms with van der Waals surface area (Å²) in [6, 6.07) is 20.8. The fraction of sp³-hybridized carbons (Fsp3) is 0.553. The number of benzene rings is 2. The fourth-order valence-corrected chi connectivity index (χ4v) is 11.3. The van der Waals surface area contributed by atoms with E-state index in [0.29, 0.717) is 25.2 Å². The molecule has 1 unspecified atom stereocenters. The molecule has 4 rings (SSSR count). The number of hydrogen-bond acceptors (Lipinski definition) is 8. The quantitative estimate of drug-likeness (QED) is 0.119. The molecule has 3 aromatic rings. The third-order valence-electron chi connectivity index (χ3n) is 9.22. The van der Waals surface area contributed by atoms with Gasteiger partial charge < -0.3 is 23.4 Å². The van der Waals surface area contributed by atoms with E-state index < -0.39 is 49.6 Å². The van der Waals surface area contributed by atoms with Crippen LogP contribution in [0.1, 0.15) is 85.4 Å². The molecule has 0 amide bonds. The predicted molar refractivity (Wildman–Crippen MR) is 193 cm³/mol. The molecular formula is C38H54N2O8Si. The topological polar surface area (TPSA) is 118 Å². The van der Waals surface area contributed by atoms with Crippen LogP contribution in [-0.4, -0.2) is 68.1 Å². The minimum atomic E-state index is -2.92. The molecule has 49 heavy (non-hydrogen) atoms. The van der Waals surface area contributed by atoms with Crippen LogP contribution in [0.15, 0.2) is 76.4 Å². The number of aryl methyl sites for hydroxylation is 1. The molecule has 10 nitrogen and oxygen atoms in total. The third kappa shape index (κ3) is 8.69. The maximum absolute atomic E-state index is 13.3. The van der Waals surface area contributed by atoms with Gasteiger partial charge in [-0.3, -0.25) is 19.1 Å². The standard InChI is InChI=1S/C38H54N2O8Si/c1-8-10-23-44-27-38(22-25-46-49(37(5,6)7,30-18-14-12-15-19-30)31-20-16-13-17-21-31)33(45-24-11-9-2)32(47-29(4)41)35(48-38)40-26-28(3)34(42)39-36(40)43/h12-21,26,32-33,35H,8-11,22-25,27H2,1-7H3,(H,39,42,43)/t32-,33?,35+,38+/m0/s1. The lowest BCUT2D eigenvalue weighted by atomic mass is 9.92. The van der Waals surface area contributed by atoms with E-state index in [9.17, 15) is 14.4 Å². The van der Waals surface area contributed by atoms with E-state index in [1.54, 1.807) is 6.92 Å². The van der Waals surface area contributed by atoms with Gasteiger partial charge in [0.25, 0.3) is 13.9 Å². The molecule has 1 aromatic heterocycles. The molecule has 0 spiro atoms. The number of aromatic nitrogens is 2. The first kappa shape index (κ1) is 38.4. The van der Waals surface area contributed by atoms with Gasteiger partial charge in [-0.25, -0.2) is 4.79 Å². The van der Waals surface area contributed by atoms with E-state index >= 15 is 0 Å². The number of nitrogens with zero attached hydrogens (tertiary/aromatic N) is 1. The number of rotatable bonds is 17. The van der Waals surface area contributed by atoms with E-state index in [2.05, 4.69) is 63.9 Å². The van der Waals surface area contributed by atoms with Crippen molar-refractivity contribution in [2.75, 3.05) is 26.4 Å². The van der Waals surface area contributed by atoms with Gasteiger partial charge in [0.05, 0.1) is 6.61 Å². The summed E-state index contributed by atoms with van der Waals surface area (Å²) >= 11 is 0. The Hall–Kier alpha value is -3.35. The van der Waals surface area contributed by atoms with Gasteiger partial charge in [-0.05, 0) is 35.2 Å². The maximum Gasteiger partial charge on any atom is 0.330 e. The van der Waals surface area contributed by atoms with Gasteiger partial charge in [0, 0.05) is 44.9 Å². The first-order valence-electron chi connectivity index (χ1n) is 17.5. The van der Waals surface area contributed by atoms with Crippen molar-refractivity contribution in [2.45, 2.75) is 110 Å². The number of ether oxygens (including phenoxy) is 4. The lowest BCUT2D eigenvalue weighted by Crippen LogP contribution is -2.67. The molecule has 0 radical (unpaired) electrons. The Morgan fingerprint density at radius 2 is 1.53 bits per heavy atom. The summed E-state index contributed by atoms with van der Waals surface area (Å²) in [6.07, 6.45) is 2.36. The van der Waals surface area contributed by atoms with E-state index in [4.69, 9.17) is 23.4 Å². The smallest absolute Gasteiger partial charge is 0.330 e. The van der Waals surface area contributed by atoms with Gasteiger partial charge in [-0.1, -0.05) is 108 Å². The Balaban J connectivity index is 1.83. The largest absolute Gasteiger partial charge is 0.455 e. The molecule has 268 valence electrons. The summed E-state index contributed by atoms with van der Waals surface area (Å²) in [5.74, 6) is -0.539. The second-order valence-electron chi connectivity index (χ2n) is 13.9. The number of nitrogens with one attached hydrogen (secondary N) is 1.